The maximum atomic E-state index is 10.4. The molecule has 2 aromatic rings. The van der Waals surface area contributed by atoms with Crippen molar-refractivity contribution < 1.29 is 9.63 Å². The number of pyridine rings is 1. The first kappa shape index (κ1) is 15.7. The first-order valence-electron chi connectivity index (χ1n) is 8.80. The predicted molar refractivity (Wildman–Crippen MR) is 90.2 cm³/mol. The van der Waals surface area contributed by atoms with Crippen LogP contribution in [0.4, 0.5) is 0 Å². The van der Waals surface area contributed by atoms with Crippen LogP contribution in [0, 0.1) is 0 Å². The van der Waals surface area contributed by atoms with Gasteiger partial charge in [0.2, 0.25) is 0 Å². The van der Waals surface area contributed by atoms with E-state index in [-0.39, 0.29) is 12.1 Å². The van der Waals surface area contributed by atoms with E-state index in [4.69, 9.17) is 4.52 Å². The molecule has 4 rings (SSSR count). The number of likely N-dealkylation sites (tertiary alicyclic amines) is 2. The van der Waals surface area contributed by atoms with Gasteiger partial charge in [0.05, 0.1) is 12.6 Å². The highest BCUT2D eigenvalue weighted by Crippen LogP contribution is 2.24. The molecular weight excluding hydrogens is 304 g/mol. The molecule has 2 atom stereocenters. The predicted octanol–water partition coefficient (Wildman–Crippen LogP) is 1.77. The van der Waals surface area contributed by atoms with Crippen molar-refractivity contribution in [2.75, 3.05) is 26.2 Å². The SMILES string of the molecule is OC1CN(Cc2cc(-c3cccnc3)no2)CC1N1CCCCC1. The molecule has 0 aliphatic carbocycles. The fourth-order valence-corrected chi connectivity index (χ4v) is 3.84. The zero-order chi connectivity index (χ0) is 16.4. The summed E-state index contributed by atoms with van der Waals surface area (Å²) in [4.78, 5) is 8.83. The van der Waals surface area contributed by atoms with E-state index in [0.717, 1.165) is 36.7 Å². The molecule has 0 bridgehead atoms. The van der Waals surface area contributed by atoms with Gasteiger partial charge < -0.3 is 9.63 Å². The molecule has 2 fully saturated rings. The third kappa shape index (κ3) is 3.36. The summed E-state index contributed by atoms with van der Waals surface area (Å²) in [5.74, 6) is 0.834. The highest BCUT2D eigenvalue weighted by atomic mass is 16.5. The molecule has 6 nitrogen and oxygen atoms in total. The lowest BCUT2D eigenvalue weighted by atomic mass is 10.1. The zero-order valence-corrected chi connectivity index (χ0v) is 13.8. The maximum Gasteiger partial charge on any atom is 0.151 e. The van der Waals surface area contributed by atoms with Crippen molar-refractivity contribution in [2.45, 2.75) is 38.0 Å². The Kier molecular flexibility index (Phi) is 4.60. The van der Waals surface area contributed by atoms with E-state index in [2.05, 4.69) is 19.9 Å². The van der Waals surface area contributed by atoms with Crippen LogP contribution in [0.3, 0.4) is 0 Å². The van der Waals surface area contributed by atoms with Crippen molar-refractivity contribution in [2.24, 2.45) is 0 Å². The Labute approximate surface area is 142 Å². The summed E-state index contributed by atoms with van der Waals surface area (Å²) < 4.78 is 5.48. The molecular formula is C18H24N4O2. The number of nitrogens with zero attached hydrogens (tertiary/aromatic N) is 4. The minimum atomic E-state index is -0.274. The van der Waals surface area contributed by atoms with Crippen molar-refractivity contribution in [3.05, 3.63) is 36.4 Å². The number of aliphatic hydroxyl groups is 1. The second kappa shape index (κ2) is 7.01. The zero-order valence-electron chi connectivity index (χ0n) is 13.8. The number of hydrogen-bond donors (Lipinski definition) is 1. The molecule has 4 heterocycles. The molecule has 2 aliphatic heterocycles. The first-order valence-corrected chi connectivity index (χ1v) is 8.80. The minimum Gasteiger partial charge on any atom is -0.390 e. The molecule has 1 N–H and O–H groups in total. The Balaban J connectivity index is 1.38. The summed E-state index contributed by atoms with van der Waals surface area (Å²) in [6.45, 7) is 4.51. The molecule has 6 heteroatoms. The van der Waals surface area contributed by atoms with E-state index >= 15 is 0 Å². The summed E-state index contributed by atoms with van der Waals surface area (Å²) in [5.41, 5.74) is 1.77. The Morgan fingerprint density at radius 3 is 2.88 bits per heavy atom. The van der Waals surface area contributed by atoms with E-state index in [9.17, 15) is 5.11 Å². The fourth-order valence-electron chi connectivity index (χ4n) is 3.84. The van der Waals surface area contributed by atoms with E-state index < -0.39 is 0 Å². The lowest BCUT2D eigenvalue weighted by Gasteiger charge is -2.33. The molecule has 2 aliphatic rings. The van der Waals surface area contributed by atoms with Crippen LogP contribution in [0.5, 0.6) is 0 Å². The molecule has 0 radical (unpaired) electrons. The summed E-state index contributed by atoms with van der Waals surface area (Å²) in [6.07, 6.45) is 7.08. The summed E-state index contributed by atoms with van der Waals surface area (Å²) in [6, 6.07) is 6.09. The van der Waals surface area contributed by atoms with Crippen LogP contribution in [0.2, 0.25) is 0 Å². The van der Waals surface area contributed by atoms with Crippen LogP contribution in [0.1, 0.15) is 25.0 Å². The molecule has 2 aromatic heterocycles. The van der Waals surface area contributed by atoms with Gasteiger partial charge >= 0.3 is 0 Å². The van der Waals surface area contributed by atoms with Gasteiger partial charge in [-0.3, -0.25) is 14.8 Å². The van der Waals surface area contributed by atoms with E-state index in [0.29, 0.717) is 13.1 Å². The number of β-amino-alcohol motifs (C(OH)–C–C–N with tert-alkyl or cyclic N) is 1. The number of aromatic nitrogens is 2. The monoisotopic (exact) mass is 328 g/mol. The summed E-state index contributed by atoms with van der Waals surface area (Å²) in [5, 5.41) is 14.6. The van der Waals surface area contributed by atoms with Gasteiger partial charge in [-0.25, -0.2) is 0 Å². The van der Waals surface area contributed by atoms with E-state index in [1.807, 2.05) is 18.2 Å². The fraction of sp³-hybridized carbons (Fsp3) is 0.556. The van der Waals surface area contributed by atoms with Gasteiger partial charge in [0, 0.05) is 43.2 Å². The first-order chi connectivity index (χ1) is 11.8. The van der Waals surface area contributed by atoms with E-state index in [1.54, 1.807) is 12.4 Å². The van der Waals surface area contributed by atoms with Crippen LogP contribution in [0.15, 0.2) is 35.1 Å². The van der Waals surface area contributed by atoms with Gasteiger partial charge in [-0.15, -0.1) is 0 Å². The Bertz CT molecular complexity index is 654. The minimum absolute atomic E-state index is 0.256. The summed E-state index contributed by atoms with van der Waals surface area (Å²) in [7, 11) is 0. The third-order valence-corrected chi connectivity index (χ3v) is 5.09. The van der Waals surface area contributed by atoms with Crippen molar-refractivity contribution in [1.29, 1.82) is 0 Å². The van der Waals surface area contributed by atoms with Gasteiger partial charge in [-0.1, -0.05) is 11.6 Å². The molecule has 0 spiro atoms. The van der Waals surface area contributed by atoms with Crippen molar-refractivity contribution in [1.82, 2.24) is 19.9 Å². The largest absolute Gasteiger partial charge is 0.390 e. The average molecular weight is 328 g/mol. The van der Waals surface area contributed by atoms with Gasteiger partial charge in [0.15, 0.2) is 5.76 Å². The second-order valence-corrected chi connectivity index (χ2v) is 6.85. The van der Waals surface area contributed by atoms with Gasteiger partial charge in [0.25, 0.3) is 0 Å². The maximum absolute atomic E-state index is 10.4. The molecule has 2 saturated heterocycles. The second-order valence-electron chi connectivity index (χ2n) is 6.85. The lowest BCUT2D eigenvalue weighted by Crippen LogP contribution is -2.45. The molecule has 24 heavy (non-hydrogen) atoms. The van der Waals surface area contributed by atoms with Crippen molar-refractivity contribution in [3.63, 3.8) is 0 Å². The van der Waals surface area contributed by atoms with Crippen LogP contribution >= 0.6 is 0 Å². The third-order valence-electron chi connectivity index (χ3n) is 5.09. The number of rotatable bonds is 4. The Hall–Kier alpha value is -1.76. The molecule has 0 saturated carbocycles. The number of aliphatic hydroxyl groups excluding tert-OH is 1. The van der Waals surface area contributed by atoms with Gasteiger partial charge in [-0.05, 0) is 38.1 Å². The van der Waals surface area contributed by atoms with Crippen molar-refractivity contribution in [3.8, 4) is 11.3 Å². The normalized spacial score (nSPS) is 26.0. The van der Waals surface area contributed by atoms with Crippen LogP contribution < -0.4 is 0 Å². The Morgan fingerprint density at radius 2 is 2.08 bits per heavy atom. The van der Waals surface area contributed by atoms with Gasteiger partial charge in [-0.2, -0.15) is 0 Å². The topological polar surface area (TPSA) is 65.6 Å². The van der Waals surface area contributed by atoms with Crippen molar-refractivity contribution >= 4 is 0 Å². The molecule has 0 aromatic carbocycles. The number of piperidine rings is 1. The van der Waals surface area contributed by atoms with Gasteiger partial charge in [0.1, 0.15) is 5.69 Å². The smallest absolute Gasteiger partial charge is 0.151 e. The van der Waals surface area contributed by atoms with Crippen LogP contribution in [-0.4, -0.2) is 63.4 Å². The molecule has 2 unspecified atom stereocenters. The molecule has 0 amide bonds. The van der Waals surface area contributed by atoms with Crippen LogP contribution in [-0.2, 0) is 6.54 Å². The Morgan fingerprint density at radius 1 is 1.21 bits per heavy atom. The summed E-state index contributed by atoms with van der Waals surface area (Å²) >= 11 is 0. The van der Waals surface area contributed by atoms with E-state index in [1.165, 1.54) is 19.3 Å². The number of hydrogen-bond acceptors (Lipinski definition) is 6. The standard InChI is InChI=1S/C18H24N4O2/c23-18-13-21(12-17(18)22-7-2-1-3-8-22)11-15-9-16(20-24-15)14-5-4-6-19-10-14/h4-6,9-10,17-18,23H,1-3,7-8,11-13H2. The highest BCUT2D eigenvalue weighted by molar-refractivity contribution is 5.57. The quantitative estimate of drug-likeness (QED) is 0.923. The lowest BCUT2D eigenvalue weighted by molar-refractivity contribution is 0.0705. The average Bonchev–Trinajstić information content (AvgIpc) is 3.23. The molecule has 128 valence electrons. The van der Waals surface area contributed by atoms with Crippen LogP contribution in [0.25, 0.3) is 11.3 Å². The highest BCUT2D eigenvalue weighted by Gasteiger charge is 2.36.